The van der Waals surface area contributed by atoms with E-state index in [2.05, 4.69) is 13.0 Å². The standard InChI is InChI=1S/C13H18O3/c1-3-4-10-5-6-12(13(7-10)14-2)16-9-11-8-15-11/h5-7,11H,3-4,8-9H2,1-2H3. The molecule has 3 nitrogen and oxygen atoms in total. The van der Waals surface area contributed by atoms with Crippen LogP contribution >= 0.6 is 0 Å². The molecule has 3 heteroatoms. The summed E-state index contributed by atoms with van der Waals surface area (Å²) in [5.74, 6) is 1.62. The average Bonchev–Trinajstić information content (AvgIpc) is 3.11. The number of epoxide rings is 1. The van der Waals surface area contributed by atoms with Gasteiger partial charge in [0.2, 0.25) is 0 Å². The first kappa shape index (κ1) is 11.3. The number of hydrogen-bond acceptors (Lipinski definition) is 3. The van der Waals surface area contributed by atoms with Crippen LogP contribution in [0.2, 0.25) is 0 Å². The average molecular weight is 222 g/mol. The topological polar surface area (TPSA) is 31.0 Å². The van der Waals surface area contributed by atoms with E-state index in [9.17, 15) is 0 Å². The lowest BCUT2D eigenvalue weighted by atomic mass is 10.1. The van der Waals surface area contributed by atoms with Gasteiger partial charge in [0.05, 0.1) is 13.7 Å². The summed E-state index contributed by atoms with van der Waals surface area (Å²) in [6.07, 6.45) is 2.49. The summed E-state index contributed by atoms with van der Waals surface area (Å²) in [6.45, 7) is 3.60. The Labute approximate surface area is 96.3 Å². The van der Waals surface area contributed by atoms with Crippen molar-refractivity contribution in [2.24, 2.45) is 0 Å². The van der Waals surface area contributed by atoms with Crippen LogP contribution in [0.25, 0.3) is 0 Å². The highest BCUT2D eigenvalue weighted by Crippen LogP contribution is 2.29. The molecule has 1 atom stereocenters. The summed E-state index contributed by atoms with van der Waals surface area (Å²) in [5, 5.41) is 0. The fraction of sp³-hybridized carbons (Fsp3) is 0.538. The first-order valence-corrected chi connectivity index (χ1v) is 5.74. The lowest BCUT2D eigenvalue weighted by Gasteiger charge is -2.11. The molecule has 1 unspecified atom stereocenters. The maximum Gasteiger partial charge on any atom is 0.161 e. The third-order valence-corrected chi connectivity index (χ3v) is 2.59. The molecule has 0 spiro atoms. The largest absolute Gasteiger partial charge is 0.493 e. The summed E-state index contributed by atoms with van der Waals surface area (Å²) >= 11 is 0. The van der Waals surface area contributed by atoms with Crippen molar-refractivity contribution in [2.45, 2.75) is 25.9 Å². The molecule has 88 valence electrons. The molecule has 1 aliphatic rings. The van der Waals surface area contributed by atoms with Crippen LogP contribution < -0.4 is 9.47 Å². The van der Waals surface area contributed by atoms with Gasteiger partial charge in [0, 0.05) is 0 Å². The zero-order chi connectivity index (χ0) is 11.4. The number of rotatable bonds is 6. The highest BCUT2D eigenvalue weighted by molar-refractivity contribution is 5.43. The summed E-state index contributed by atoms with van der Waals surface area (Å²) in [4.78, 5) is 0. The van der Waals surface area contributed by atoms with E-state index in [1.807, 2.05) is 12.1 Å². The Hall–Kier alpha value is -1.22. The Morgan fingerprint density at radius 3 is 2.81 bits per heavy atom. The number of aryl methyl sites for hydroxylation is 1. The summed E-state index contributed by atoms with van der Waals surface area (Å²) in [6, 6.07) is 6.12. The number of ether oxygens (including phenoxy) is 3. The van der Waals surface area contributed by atoms with Gasteiger partial charge in [0.15, 0.2) is 11.5 Å². The second-order valence-corrected chi connectivity index (χ2v) is 4.00. The molecule has 1 saturated heterocycles. The molecule has 0 bridgehead atoms. The van der Waals surface area contributed by atoms with Gasteiger partial charge in [0.25, 0.3) is 0 Å². The van der Waals surface area contributed by atoms with E-state index in [0.29, 0.717) is 6.61 Å². The van der Waals surface area contributed by atoms with Crippen LogP contribution in [0.15, 0.2) is 18.2 Å². The molecule has 1 aromatic rings. The second kappa shape index (κ2) is 5.21. The van der Waals surface area contributed by atoms with Crippen molar-refractivity contribution in [3.8, 4) is 11.5 Å². The molecule has 16 heavy (non-hydrogen) atoms. The van der Waals surface area contributed by atoms with Gasteiger partial charge in [-0.1, -0.05) is 19.4 Å². The van der Waals surface area contributed by atoms with Crippen molar-refractivity contribution >= 4 is 0 Å². The first-order chi connectivity index (χ1) is 7.83. The molecule has 0 radical (unpaired) electrons. The fourth-order valence-corrected chi connectivity index (χ4v) is 1.62. The van der Waals surface area contributed by atoms with Crippen molar-refractivity contribution in [2.75, 3.05) is 20.3 Å². The maximum atomic E-state index is 5.64. The minimum Gasteiger partial charge on any atom is -0.493 e. The van der Waals surface area contributed by atoms with Crippen LogP contribution in [0.3, 0.4) is 0 Å². The number of hydrogen-bond donors (Lipinski definition) is 0. The van der Waals surface area contributed by atoms with E-state index in [4.69, 9.17) is 14.2 Å². The molecule has 1 heterocycles. The molecule has 0 aromatic heterocycles. The smallest absolute Gasteiger partial charge is 0.161 e. The van der Waals surface area contributed by atoms with Crippen LogP contribution in [0.4, 0.5) is 0 Å². The molecule has 1 aromatic carbocycles. The van der Waals surface area contributed by atoms with E-state index in [1.165, 1.54) is 5.56 Å². The Kier molecular flexibility index (Phi) is 3.67. The summed E-state index contributed by atoms with van der Waals surface area (Å²) in [5.41, 5.74) is 1.29. The van der Waals surface area contributed by atoms with Gasteiger partial charge in [-0.05, 0) is 24.1 Å². The van der Waals surface area contributed by atoms with Gasteiger partial charge in [-0.3, -0.25) is 0 Å². The molecule has 0 N–H and O–H groups in total. The maximum absolute atomic E-state index is 5.64. The van der Waals surface area contributed by atoms with Crippen molar-refractivity contribution < 1.29 is 14.2 Å². The van der Waals surface area contributed by atoms with Crippen molar-refractivity contribution in [1.29, 1.82) is 0 Å². The number of methoxy groups -OCH3 is 1. The highest BCUT2D eigenvalue weighted by Gasteiger charge is 2.23. The molecule has 0 aliphatic carbocycles. The van der Waals surface area contributed by atoms with Gasteiger partial charge >= 0.3 is 0 Å². The Balaban J connectivity index is 2.03. The van der Waals surface area contributed by atoms with Crippen molar-refractivity contribution in [3.63, 3.8) is 0 Å². The van der Waals surface area contributed by atoms with Crippen LogP contribution in [-0.4, -0.2) is 26.4 Å². The van der Waals surface area contributed by atoms with Gasteiger partial charge in [0.1, 0.15) is 12.7 Å². The molecular formula is C13H18O3. The predicted molar refractivity (Wildman–Crippen MR) is 62.2 cm³/mol. The van der Waals surface area contributed by atoms with Gasteiger partial charge in [-0.25, -0.2) is 0 Å². The minimum absolute atomic E-state index is 0.278. The monoisotopic (exact) mass is 222 g/mol. The summed E-state index contributed by atoms with van der Waals surface area (Å²) in [7, 11) is 1.67. The van der Waals surface area contributed by atoms with E-state index < -0.39 is 0 Å². The van der Waals surface area contributed by atoms with Crippen LogP contribution in [0, 0.1) is 0 Å². The van der Waals surface area contributed by atoms with E-state index in [-0.39, 0.29) is 6.10 Å². The van der Waals surface area contributed by atoms with Gasteiger partial charge in [-0.2, -0.15) is 0 Å². The second-order valence-electron chi connectivity index (χ2n) is 4.00. The Morgan fingerprint density at radius 1 is 1.38 bits per heavy atom. The SMILES string of the molecule is CCCc1ccc(OCC2CO2)c(OC)c1. The normalized spacial score (nSPS) is 18.2. The Bertz CT molecular complexity index is 345. The molecule has 2 rings (SSSR count). The van der Waals surface area contributed by atoms with E-state index in [0.717, 1.165) is 30.9 Å². The molecular weight excluding hydrogens is 204 g/mol. The van der Waals surface area contributed by atoms with Crippen molar-refractivity contribution in [3.05, 3.63) is 23.8 Å². The van der Waals surface area contributed by atoms with Crippen molar-refractivity contribution in [1.82, 2.24) is 0 Å². The molecule has 0 amide bonds. The molecule has 0 saturated carbocycles. The predicted octanol–water partition coefficient (Wildman–Crippen LogP) is 2.43. The van der Waals surface area contributed by atoms with E-state index >= 15 is 0 Å². The molecule has 1 fully saturated rings. The summed E-state index contributed by atoms with van der Waals surface area (Å²) < 4.78 is 16.1. The lowest BCUT2D eigenvalue weighted by Crippen LogP contribution is -2.05. The van der Waals surface area contributed by atoms with Crippen LogP contribution in [0.1, 0.15) is 18.9 Å². The van der Waals surface area contributed by atoms with E-state index in [1.54, 1.807) is 7.11 Å². The third kappa shape index (κ3) is 2.89. The van der Waals surface area contributed by atoms with Crippen LogP contribution in [0.5, 0.6) is 11.5 Å². The Morgan fingerprint density at radius 2 is 2.19 bits per heavy atom. The first-order valence-electron chi connectivity index (χ1n) is 5.74. The zero-order valence-corrected chi connectivity index (χ0v) is 9.86. The van der Waals surface area contributed by atoms with Gasteiger partial charge < -0.3 is 14.2 Å². The molecule has 1 aliphatic heterocycles. The third-order valence-electron chi connectivity index (χ3n) is 2.59. The van der Waals surface area contributed by atoms with Crippen LogP contribution in [-0.2, 0) is 11.2 Å². The zero-order valence-electron chi connectivity index (χ0n) is 9.86. The minimum atomic E-state index is 0.278. The fourth-order valence-electron chi connectivity index (χ4n) is 1.62. The van der Waals surface area contributed by atoms with Gasteiger partial charge in [-0.15, -0.1) is 0 Å². The highest BCUT2D eigenvalue weighted by atomic mass is 16.6. The lowest BCUT2D eigenvalue weighted by molar-refractivity contribution is 0.252. The quantitative estimate of drug-likeness (QED) is 0.693. The number of benzene rings is 1.